The highest BCUT2D eigenvalue weighted by Gasteiger charge is 2.17. The fraction of sp³-hybridized carbons (Fsp3) is 0.250. The van der Waals surface area contributed by atoms with Gasteiger partial charge < -0.3 is 23.9 Å². The molecule has 0 saturated carbocycles. The maximum atomic E-state index is 12.0. The first-order chi connectivity index (χ1) is 13.4. The van der Waals surface area contributed by atoms with Gasteiger partial charge in [0.25, 0.3) is 0 Å². The summed E-state index contributed by atoms with van der Waals surface area (Å²) < 4.78 is 19.8. The van der Waals surface area contributed by atoms with Crippen molar-refractivity contribution < 1.29 is 33.0 Å². The Morgan fingerprint density at radius 2 is 1.82 bits per heavy atom. The molecule has 0 aliphatic heterocycles. The lowest BCUT2D eigenvalue weighted by Crippen LogP contribution is -2.38. The molecule has 2 rings (SSSR count). The van der Waals surface area contributed by atoms with Gasteiger partial charge in [0.05, 0.1) is 14.2 Å². The number of amides is 1. The minimum atomic E-state index is -0.858. The Bertz CT molecular complexity index is 852. The summed E-state index contributed by atoms with van der Waals surface area (Å²) in [6.45, 7) is 1.33. The molecular formula is C20H21NO7. The highest BCUT2D eigenvalue weighted by molar-refractivity contribution is 5.94. The van der Waals surface area contributed by atoms with Gasteiger partial charge in [0.1, 0.15) is 24.2 Å². The van der Waals surface area contributed by atoms with Crippen molar-refractivity contribution in [1.29, 1.82) is 0 Å². The lowest BCUT2D eigenvalue weighted by molar-refractivity contribution is -0.148. The first kappa shape index (κ1) is 20.8. The van der Waals surface area contributed by atoms with E-state index in [1.54, 1.807) is 37.5 Å². The second-order valence-corrected chi connectivity index (χ2v) is 5.70. The van der Waals surface area contributed by atoms with Gasteiger partial charge in [-0.15, -0.1) is 0 Å². The molecule has 2 aromatic rings. The van der Waals surface area contributed by atoms with Crippen molar-refractivity contribution in [3.05, 3.63) is 59.6 Å². The van der Waals surface area contributed by atoms with Crippen LogP contribution in [-0.4, -0.2) is 38.1 Å². The minimum absolute atomic E-state index is 0.0126. The molecule has 0 bridgehead atoms. The molecule has 1 N–H and O–H groups in total. The van der Waals surface area contributed by atoms with E-state index in [0.717, 1.165) is 5.56 Å². The lowest BCUT2D eigenvalue weighted by atomic mass is 10.2. The van der Waals surface area contributed by atoms with Crippen molar-refractivity contribution in [3.8, 4) is 5.75 Å². The Balaban J connectivity index is 1.80. The molecule has 0 radical (unpaired) electrons. The van der Waals surface area contributed by atoms with Crippen LogP contribution in [0, 0.1) is 0 Å². The molecule has 0 aliphatic carbocycles. The predicted molar refractivity (Wildman–Crippen MR) is 99.5 cm³/mol. The van der Waals surface area contributed by atoms with E-state index < -0.39 is 23.9 Å². The van der Waals surface area contributed by atoms with E-state index in [2.05, 4.69) is 10.1 Å². The zero-order valence-electron chi connectivity index (χ0n) is 15.8. The van der Waals surface area contributed by atoms with Crippen molar-refractivity contribution in [2.45, 2.75) is 19.6 Å². The van der Waals surface area contributed by atoms with E-state index in [9.17, 15) is 14.4 Å². The molecule has 0 spiro atoms. The lowest BCUT2D eigenvalue weighted by Gasteiger charge is -2.11. The molecule has 28 heavy (non-hydrogen) atoms. The predicted octanol–water partition coefficient (Wildman–Crippen LogP) is 2.34. The van der Waals surface area contributed by atoms with Crippen LogP contribution in [0.2, 0.25) is 0 Å². The number of hydrogen-bond acceptors (Lipinski definition) is 7. The number of esters is 2. The maximum Gasteiger partial charge on any atom is 0.373 e. The Kier molecular flexibility index (Phi) is 7.38. The number of methoxy groups -OCH3 is 2. The van der Waals surface area contributed by atoms with E-state index in [1.807, 2.05) is 0 Å². The summed E-state index contributed by atoms with van der Waals surface area (Å²) >= 11 is 0. The zero-order valence-corrected chi connectivity index (χ0v) is 15.8. The molecular weight excluding hydrogens is 366 g/mol. The first-order valence-corrected chi connectivity index (χ1v) is 8.39. The quantitative estimate of drug-likeness (QED) is 0.548. The van der Waals surface area contributed by atoms with Crippen LogP contribution in [0.25, 0.3) is 6.08 Å². The fourth-order valence-electron chi connectivity index (χ4n) is 2.14. The van der Waals surface area contributed by atoms with Crippen LogP contribution < -0.4 is 10.1 Å². The largest absolute Gasteiger partial charge is 0.497 e. The van der Waals surface area contributed by atoms with Gasteiger partial charge in [-0.05, 0) is 42.8 Å². The smallest absolute Gasteiger partial charge is 0.373 e. The molecule has 1 atom stereocenters. The van der Waals surface area contributed by atoms with Crippen molar-refractivity contribution in [1.82, 2.24) is 5.32 Å². The minimum Gasteiger partial charge on any atom is -0.497 e. The Hall–Kier alpha value is -3.55. The van der Waals surface area contributed by atoms with Gasteiger partial charge in [0, 0.05) is 6.08 Å². The number of benzene rings is 1. The van der Waals surface area contributed by atoms with E-state index >= 15 is 0 Å². The van der Waals surface area contributed by atoms with Crippen LogP contribution in [0.15, 0.2) is 46.9 Å². The van der Waals surface area contributed by atoms with Gasteiger partial charge in [0.15, 0.2) is 0 Å². The molecule has 8 heteroatoms. The summed E-state index contributed by atoms with van der Waals surface area (Å²) in [5.74, 6) is -0.686. The van der Waals surface area contributed by atoms with Crippen LogP contribution in [0.5, 0.6) is 5.75 Å². The Morgan fingerprint density at radius 3 is 2.46 bits per heavy atom. The second-order valence-electron chi connectivity index (χ2n) is 5.70. The third-order valence-electron chi connectivity index (χ3n) is 3.66. The van der Waals surface area contributed by atoms with Gasteiger partial charge in [-0.2, -0.15) is 0 Å². The fourth-order valence-corrected chi connectivity index (χ4v) is 2.14. The maximum absolute atomic E-state index is 12.0. The van der Waals surface area contributed by atoms with Crippen LogP contribution >= 0.6 is 0 Å². The van der Waals surface area contributed by atoms with Gasteiger partial charge in [-0.25, -0.2) is 9.59 Å². The SMILES string of the molecule is COC(=O)c1ccc(COC(=O)[C@H](C)NC(=O)/C=C/c2ccc(OC)cc2)o1. The average Bonchev–Trinajstić information content (AvgIpc) is 3.19. The number of nitrogens with one attached hydrogen (secondary N) is 1. The van der Waals surface area contributed by atoms with Gasteiger partial charge in [-0.3, -0.25) is 4.79 Å². The van der Waals surface area contributed by atoms with Crippen molar-refractivity contribution in [2.24, 2.45) is 0 Å². The molecule has 8 nitrogen and oxygen atoms in total. The molecule has 1 amide bonds. The highest BCUT2D eigenvalue weighted by Crippen LogP contribution is 2.12. The van der Waals surface area contributed by atoms with Crippen LogP contribution in [0.4, 0.5) is 0 Å². The van der Waals surface area contributed by atoms with E-state index in [4.69, 9.17) is 13.9 Å². The second kappa shape index (κ2) is 9.96. The number of ether oxygens (including phenoxy) is 3. The standard InChI is InChI=1S/C20H21NO7/c1-13(19(23)27-12-16-9-10-17(28-16)20(24)26-3)21-18(22)11-6-14-4-7-15(25-2)8-5-14/h4-11,13H,12H2,1-3H3,(H,21,22)/b11-6+/t13-/m0/s1. The van der Waals surface area contributed by atoms with Crippen LogP contribution in [0.3, 0.4) is 0 Å². The molecule has 1 heterocycles. The number of carbonyl (C=O) groups excluding carboxylic acids is 3. The van der Waals surface area contributed by atoms with Crippen molar-refractivity contribution in [3.63, 3.8) is 0 Å². The summed E-state index contributed by atoms with van der Waals surface area (Å²) in [6.07, 6.45) is 2.94. The first-order valence-electron chi connectivity index (χ1n) is 8.39. The summed E-state index contributed by atoms with van der Waals surface area (Å²) in [5, 5.41) is 2.51. The molecule has 148 valence electrons. The topological polar surface area (TPSA) is 104 Å². The number of hydrogen-bond donors (Lipinski definition) is 1. The number of furan rings is 1. The molecule has 0 fully saturated rings. The van der Waals surface area contributed by atoms with Gasteiger partial charge in [-0.1, -0.05) is 12.1 Å². The summed E-state index contributed by atoms with van der Waals surface area (Å²) in [7, 11) is 2.81. The van der Waals surface area contributed by atoms with Crippen molar-refractivity contribution >= 4 is 23.9 Å². The molecule has 0 aliphatic rings. The zero-order chi connectivity index (χ0) is 20.5. The molecule has 0 unspecified atom stereocenters. The number of carbonyl (C=O) groups is 3. The van der Waals surface area contributed by atoms with Gasteiger partial charge >= 0.3 is 11.9 Å². The third-order valence-corrected chi connectivity index (χ3v) is 3.66. The average molecular weight is 387 g/mol. The highest BCUT2D eigenvalue weighted by atomic mass is 16.6. The van der Waals surface area contributed by atoms with Crippen molar-refractivity contribution in [2.75, 3.05) is 14.2 Å². The Morgan fingerprint density at radius 1 is 1.11 bits per heavy atom. The molecule has 0 saturated heterocycles. The normalized spacial score (nSPS) is 11.7. The van der Waals surface area contributed by atoms with E-state index in [0.29, 0.717) is 5.75 Å². The number of rotatable bonds is 8. The monoisotopic (exact) mass is 387 g/mol. The van der Waals surface area contributed by atoms with Gasteiger partial charge in [0.2, 0.25) is 11.7 Å². The molecule has 1 aromatic heterocycles. The summed E-state index contributed by atoms with van der Waals surface area (Å²) in [6, 6.07) is 9.21. The third kappa shape index (κ3) is 6.01. The van der Waals surface area contributed by atoms with E-state index in [1.165, 1.54) is 32.2 Å². The summed E-state index contributed by atoms with van der Waals surface area (Å²) in [4.78, 5) is 35.2. The van der Waals surface area contributed by atoms with Crippen LogP contribution in [-0.2, 0) is 25.7 Å². The summed E-state index contributed by atoms with van der Waals surface area (Å²) in [5.41, 5.74) is 0.811. The molecule has 1 aromatic carbocycles. The van der Waals surface area contributed by atoms with E-state index in [-0.39, 0.29) is 18.1 Å². The Labute approximate surface area is 162 Å². The van der Waals surface area contributed by atoms with Crippen LogP contribution in [0.1, 0.15) is 28.8 Å².